The van der Waals surface area contributed by atoms with Crippen LogP contribution >= 0.6 is 0 Å². The van der Waals surface area contributed by atoms with Gasteiger partial charge < -0.3 is 0 Å². The van der Waals surface area contributed by atoms with E-state index in [1.807, 2.05) is 24.3 Å². The Morgan fingerprint density at radius 3 is 2.88 bits per heavy atom. The van der Waals surface area contributed by atoms with Gasteiger partial charge in [-0.1, -0.05) is 18.2 Å². The van der Waals surface area contributed by atoms with Gasteiger partial charge in [0.15, 0.2) is 0 Å². The Morgan fingerprint density at radius 2 is 2.12 bits per heavy atom. The molecule has 0 fully saturated rings. The summed E-state index contributed by atoms with van der Waals surface area (Å²) >= 11 is 0. The van der Waals surface area contributed by atoms with Crippen molar-refractivity contribution in [2.24, 2.45) is 0 Å². The molecule has 0 unspecified atom stereocenters. The van der Waals surface area contributed by atoms with Crippen molar-refractivity contribution in [1.82, 2.24) is 20.0 Å². The fourth-order valence-electron chi connectivity index (χ4n) is 1.99. The van der Waals surface area contributed by atoms with Crippen LogP contribution in [-0.2, 0) is 0 Å². The summed E-state index contributed by atoms with van der Waals surface area (Å²) in [5.74, 6) is 0. The van der Waals surface area contributed by atoms with Gasteiger partial charge in [-0.2, -0.15) is 4.52 Å². The van der Waals surface area contributed by atoms with Gasteiger partial charge in [0, 0.05) is 10.9 Å². The van der Waals surface area contributed by atoms with E-state index in [0.29, 0.717) is 5.56 Å². The van der Waals surface area contributed by atoms with E-state index in [2.05, 4.69) is 15.5 Å². The highest BCUT2D eigenvalue weighted by atomic mass is 16.6. The van der Waals surface area contributed by atoms with Gasteiger partial charge in [0.1, 0.15) is 0 Å². The van der Waals surface area contributed by atoms with Crippen LogP contribution in [0.15, 0.2) is 24.3 Å². The molecular weight excluding hydrogens is 222 g/mol. The van der Waals surface area contributed by atoms with E-state index < -0.39 is 4.92 Å². The lowest BCUT2D eigenvalue weighted by atomic mass is 10.1. The Labute approximate surface area is 94.8 Å². The number of para-hydroxylation sites is 1. The zero-order valence-corrected chi connectivity index (χ0v) is 8.86. The molecular formula is C10H7N5O2. The first-order chi connectivity index (χ1) is 8.20. The first kappa shape index (κ1) is 9.64. The molecule has 84 valence electrons. The minimum atomic E-state index is -0.451. The summed E-state index contributed by atoms with van der Waals surface area (Å²) in [7, 11) is 0. The van der Waals surface area contributed by atoms with Gasteiger partial charge in [-0.15, -0.1) is 5.10 Å². The van der Waals surface area contributed by atoms with Crippen LogP contribution < -0.4 is 0 Å². The summed E-state index contributed by atoms with van der Waals surface area (Å²) in [5, 5.41) is 22.8. The van der Waals surface area contributed by atoms with Crippen LogP contribution in [0.3, 0.4) is 0 Å². The van der Waals surface area contributed by atoms with Crippen molar-refractivity contribution in [2.45, 2.75) is 6.92 Å². The molecule has 1 aromatic carbocycles. The highest BCUT2D eigenvalue weighted by molar-refractivity contribution is 5.90. The molecule has 0 saturated heterocycles. The topological polar surface area (TPSA) is 86.2 Å². The predicted molar refractivity (Wildman–Crippen MR) is 59.7 cm³/mol. The predicted octanol–water partition coefficient (Wildman–Crippen LogP) is 1.49. The molecule has 0 bridgehead atoms. The van der Waals surface area contributed by atoms with Crippen LogP contribution in [0.2, 0.25) is 0 Å². The van der Waals surface area contributed by atoms with Gasteiger partial charge in [-0.25, -0.2) is 0 Å². The maximum atomic E-state index is 11.1. The number of hydrogen-bond donors (Lipinski definition) is 0. The Balaban J connectivity index is 2.65. The lowest BCUT2D eigenvalue weighted by molar-refractivity contribution is -0.383. The molecule has 2 aromatic heterocycles. The highest BCUT2D eigenvalue weighted by Crippen LogP contribution is 2.29. The van der Waals surface area contributed by atoms with Crippen molar-refractivity contribution in [3.63, 3.8) is 0 Å². The average molecular weight is 229 g/mol. The summed E-state index contributed by atoms with van der Waals surface area (Å²) in [5.41, 5.74) is 1.46. The highest BCUT2D eigenvalue weighted by Gasteiger charge is 2.22. The third-order valence-corrected chi connectivity index (χ3v) is 2.76. The molecule has 0 saturated carbocycles. The Bertz CT molecular complexity index is 749. The minimum Gasteiger partial charge on any atom is -0.258 e. The lowest BCUT2D eigenvalue weighted by Gasteiger charge is -2.04. The van der Waals surface area contributed by atoms with Gasteiger partial charge in [0.05, 0.1) is 10.4 Å². The molecule has 0 aliphatic rings. The molecule has 0 amide bonds. The largest absolute Gasteiger partial charge is 0.319 e. The molecule has 0 atom stereocenters. The molecule has 0 aliphatic carbocycles. The first-order valence-electron chi connectivity index (χ1n) is 4.94. The number of benzene rings is 1. The fourth-order valence-corrected chi connectivity index (χ4v) is 1.99. The number of pyridine rings is 1. The zero-order chi connectivity index (χ0) is 12.0. The van der Waals surface area contributed by atoms with Gasteiger partial charge in [0.25, 0.3) is 5.65 Å². The summed E-state index contributed by atoms with van der Waals surface area (Å²) < 4.78 is 1.39. The third-order valence-electron chi connectivity index (χ3n) is 2.76. The summed E-state index contributed by atoms with van der Waals surface area (Å²) in [6.07, 6.45) is 0. The summed E-state index contributed by atoms with van der Waals surface area (Å²) in [4.78, 5) is 10.6. The molecule has 3 rings (SSSR count). The van der Waals surface area contributed by atoms with Gasteiger partial charge in [0.2, 0.25) is 0 Å². The maximum absolute atomic E-state index is 11.1. The second kappa shape index (κ2) is 3.21. The van der Waals surface area contributed by atoms with E-state index in [1.165, 1.54) is 4.52 Å². The molecule has 7 nitrogen and oxygen atoms in total. The second-order valence-corrected chi connectivity index (χ2v) is 3.66. The van der Waals surface area contributed by atoms with Crippen LogP contribution in [0.4, 0.5) is 5.69 Å². The smallest absolute Gasteiger partial charge is 0.258 e. The monoisotopic (exact) mass is 229 g/mol. The van der Waals surface area contributed by atoms with Crippen molar-refractivity contribution in [2.75, 3.05) is 0 Å². The number of tetrazole rings is 1. The maximum Gasteiger partial charge on any atom is 0.319 e. The minimum absolute atomic E-state index is 0.0475. The van der Waals surface area contributed by atoms with Gasteiger partial charge >= 0.3 is 5.69 Å². The van der Waals surface area contributed by atoms with Crippen LogP contribution in [0, 0.1) is 17.0 Å². The number of nitro groups is 1. The number of aryl methyl sites for hydroxylation is 1. The van der Waals surface area contributed by atoms with Gasteiger partial charge in [-0.05, 0) is 23.4 Å². The first-order valence-corrected chi connectivity index (χ1v) is 4.94. The molecule has 0 aliphatic heterocycles. The van der Waals surface area contributed by atoms with Crippen LogP contribution in [0.25, 0.3) is 16.6 Å². The molecule has 17 heavy (non-hydrogen) atoms. The standard InChI is InChI=1S/C10H7N5O2/c1-6-7-4-2-3-5-8(7)14-10(11-12-13-14)9(6)15(16)17/h2-5H,1H3. The van der Waals surface area contributed by atoms with Crippen molar-refractivity contribution in [3.05, 3.63) is 39.9 Å². The van der Waals surface area contributed by atoms with Gasteiger partial charge in [-0.3, -0.25) is 10.1 Å². The van der Waals surface area contributed by atoms with E-state index in [0.717, 1.165) is 10.9 Å². The number of fused-ring (bicyclic) bond motifs is 3. The summed E-state index contributed by atoms with van der Waals surface area (Å²) in [6, 6.07) is 7.32. The van der Waals surface area contributed by atoms with E-state index in [9.17, 15) is 10.1 Å². The Kier molecular flexibility index (Phi) is 1.82. The number of rotatable bonds is 1. The van der Waals surface area contributed by atoms with Crippen molar-refractivity contribution < 1.29 is 4.92 Å². The summed E-state index contributed by atoms with van der Waals surface area (Å²) in [6.45, 7) is 1.70. The fraction of sp³-hybridized carbons (Fsp3) is 0.100. The molecule has 0 spiro atoms. The number of hydrogen-bond acceptors (Lipinski definition) is 5. The SMILES string of the molecule is Cc1c([N+](=O)[O-])c2nnnn2c2ccccc12. The van der Waals surface area contributed by atoms with Crippen molar-refractivity contribution in [3.8, 4) is 0 Å². The molecule has 3 aromatic rings. The quantitative estimate of drug-likeness (QED) is 0.466. The second-order valence-electron chi connectivity index (χ2n) is 3.66. The van der Waals surface area contributed by atoms with Crippen molar-refractivity contribution in [1.29, 1.82) is 0 Å². The number of aromatic nitrogens is 4. The van der Waals surface area contributed by atoms with E-state index >= 15 is 0 Å². The zero-order valence-electron chi connectivity index (χ0n) is 8.86. The molecule has 0 radical (unpaired) electrons. The Morgan fingerprint density at radius 1 is 1.35 bits per heavy atom. The normalized spacial score (nSPS) is 11.1. The van der Waals surface area contributed by atoms with E-state index in [4.69, 9.17) is 0 Å². The van der Waals surface area contributed by atoms with E-state index in [1.54, 1.807) is 6.92 Å². The molecule has 0 N–H and O–H groups in total. The molecule has 2 heterocycles. The van der Waals surface area contributed by atoms with Crippen molar-refractivity contribution >= 4 is 22.2 Å². The lowest BCUT2D eigenvalue weighted by Crippen LogP contribution is -2.00. The van der Waals surface area contributed by atoms with Crippen LogP contribution in [0.1, 0.15) is 5.56 Å². The number of nitrogens with zero attached hydrogens (tertiary/aromatic N) is 5. The average Bonchev–Trinajstić information content (AvgIpc) is 2.78. The Hall–Kier alpha value is -2.57. The van der Waals surface area contributed by atoms with Crippen LogP contribution in [-0.4, -0.2) is 25.0 Å². The molecule has 7 heteroatoms. The van der Waals surface area contributed by atoms with Crippen LogP contribution in [0.5, 0.6) is 0 Å². The third kappa shape index (κ3) is 1.19. The van der Waals surface area contributed by atoms with E-state index in [-0.39, 0.29) is 11.3 Å².